The van der Waals surface area contributed by atoms with E-state index in [1.165, 1.54) is 12.3 Å². The summed E-state index contributed by atoms with van der Waals surface area (Å²) in [6, 6.07) is 1.49. The van der Waals surface area contributed by atoms with E-state index < -0.39 is 0 Å². The van der Waals surface area contributed by atoms with Crippen LogP contribution in [0.3, 0.4) is 0 Å². The van der Waals surface area contributed by atoms with Crippen LogP contribution in [0.2, 0.25) is 0 Å². The van der Waals surface area contributed by atoms with Gasteiger partial charge in [-0.15, -0.1) is 0 Å². The highest BCUT2D eigenvalue weighted by Crippen LogP contribution is 2.19. The molecule has 1 N–H and O–H groups in total. The number of nitrogens with zero attached hydrogens (tertiary/aromatic N) is 1. The van der Waals surface area contributed by atoms with E-state index in [1.54, 1.807) is 6.20 Å². The van der Waals surface area contributed by atoms with Crippen molar-refractivity contribution in [3.05, 3.63) is 42.0 Å². The van der Waals surface area contributed by atoms with Crippen LogP contribution < -0.4 is 5.32 Å². The highest BCUT2D eigenvalue weighted by Gasteiger charge is 2.11. The Morgan fingerprint density at radius 2 is 2.33 bits per heavy atom. The molecule has 1 aromatic rings. The number of hydrogen-bond donors (Lipinski definition) is 1. The first-order chi connectivity index (χ1) is 7.15. The molecule has 0 spiro atoms. The van der Waals surface area contributed by atoms with Gasteiger partial charge >= 0.3 is 0 Å². The highest BCUT2D eigenvalue weighted by molar-refractivity contribution is 5.23. The molecule has 0 fully saturated rings. The van der Waals surface area contributed by atoms with Crippen molar-refractivity contribution >= 4 is 0 Å². The van der Waals surface area contributed by atoms with E-state index in [1.807, 2.05) is 6.92 Å². The number of rotatable bonds is 5. The van der Waals surface area contributed by atoms with Gasteiger partial charge in [0.2, 0.25) is 0 Å². The van der Waals surface area contributed by atoms with Crippen LogP contribution in [0.15, 0.2) is 30.6 Å². The van der Waals surface area contributed by atoms with Crippen molar-refractivity contribution in [3.63, 3.8) is 0 Å². The Kier molecular flexibility index (Phi) is 4.43. The fraction of sp³-hybridized carbons (Fsp3) is 0.417. The maximum atomic E-state index is 13.0. The quantitative estimate of drug-likeness (QED) is 0.753. The molecule has 0 radical (unpaired) electrons. The first kappa shape index (κ1) is 11.9. The molecule has 3 heteroatoms. The lowest BCUT2D eigenvalue weighted by Crippen LogP contribution is -2.23. The summed E-state index contributed by atoms with van der Waals surface area (Å²) in [6.07, 6.45) is 3.91. The monoisotopic (exact) mass is 208 g/mol. The Hall–Kier alpha value is -1.22. The van der Waals surface area contributed by atoms with Crippen LogP contribution in [-0.4, -0.2) is 11.5 Å². The molecule has 1 atom stereocenters. The molecule has 2 nitrogen and oxygen atoms in total. The molecule has 0 saturated carbocycles. The molecule has 1 rings (SSSR count). The zero-order valence-electron chi connectivity index (χ0n) is 9.26. The number of pyridine rings is 1. The molecule has 15 heavy (non-hydrogen) atoms. The Morgan fingerprint density at radius 3 is 2.87 bits per heavy atom. The predicted octanol–water partition coefficient (Wildman–Crippen LogP) is 2.84. The summed E-state index contributed by atoms with van der Waals surface area (Å²) in [4.78, 5) is 3.84. The molecule has 0 aromatic carbocycles. The van der Waals surface area contributed by atoms with Crippen molar-refractivity contribution in [2.24, 2.45) is 0 Å². The zero-order chi connectivity index (χ0) is 11.3. The van der Waals surface area contributed by atoms with Crippen LogP contribution >= 0.6 is 0 Å². The van der Waals surface area contributed by atoms with Crippen molar-refractivity contribution in [2.45, 2.75) is 26.3 Å². The van der Waals surface area contributed by atoms with Crippen LogP contribution in [-0.2, 0) is 0 Å². The van der Waals surface area contributed by atoms with Crippen molar-refractivity contribution in [2.75, 3.05) is 6.54 Å². The molecule has 0 amide bonds. The van der Waals surface area contributed by atoms with Crippen LogP contribution in [0, 0.1) is 5.82 Å². The van der Waals surface area contributed by atoms with Crippen LogP contribution in [0.25, 0.3) is 0 Å². The zero-order valence-corrected chi connectivity index (χ0v) is 9.26. The fourth-order valence-electron chi connectivity index (χ4n) is 1.45. The molecule has 82 valence electrons. The largest absolute Gasteiger partial charge is 0.307 e. The van der Waals surface area contributed by atoms with Gasteiger partial charge in [-0.25, -0.2) is 4.39 Å². The van der Waals surface area contributed by atoms with Gasteiger partial charge in [0.05, 0.1) is 12.2 Å². The molecule has 0 aliphatic heterocycles. The molecular formula is C12H17FN2. The van der Waals surface area contributed by atoms with Crippen molar-refractivity contribution in [1.29, 1.82) is 0 Å². The molecule has 1 aromatic heterocycles. The van der Waals surface area contributed by atoms with Gasteiger partial charge in [-0.2, -0.15) is 0 Å². The summed E-state index contributed by atoms with van der Waals surface area (Å²) in [7, 11) is 0. The smallest absolute Gasteiger partial charge is 0.141 e. The van der Waals surface area contributed by atoms with E-state index in [2.05, 4.69) is 23.8 Å². The van der Waals surface area contributed by atoms with Crippen LogP contribution in [0.1, 0.15) is 31.9 Å². The maximum Gasteiger partial charge on any atom is 0.141 e. The minimum atomic E-state index is -0.308. The normalized spacial score (nSPS) is 12.5. The third-order valence-corrected chi connectivity index (χ3v) is 2.15. The summed E-state index contributed by atoms with van der Waals surface area (Å²) >= 11 is 0. The Labute approximate surface area is 90.2 Å². The van der Waals surface area contributed by atoms with Crippen molar-refractivity contribution in [1.82, 2.24) is 10.3 Å². The van der Waals surface area contributed by atoms with Gasteiger partial charge in [0.25, 0.3) is 0 Å². The highest BCUT2D eigenvalue weighted by atomic mass is 19.1. The number of aromatic nitrogens is 1. The molecular weight excluding hydrogens is 191 g/mol. The standard InChI is InChI=1S/C12H17FN2/c1-4-5-15-12(9(2)3)10-6-11(13)8-14-7-10/h6-8,12,15H,2,4-5H2,1,3H3. The Morgan fingerprint density at radius 1 is 1.60 bits per heavy atom. The topological polar surface area (TPSA) is 24.9 Å². The predicted molar refractivity (Wildman–Crippen MR) is 60.0 cm³/mol. The average Bonchev–Trinajstić information content (AvgIpc) is 2.18. The third-order valence-electron chi connectivity index (χ3n) is 2.15. The summed E-state index contributed by atoms with van der Waals surface area (Å²) in [5, 5.41) is 3.31. The maximum absolute atomic E-state index is 13.0. The van der Waals surface area contributed by atoms with Gasteiger partial charge in [0.15, 0.2) is 0 Å². The van der Waals surface area contributed by atoms with Crippen molar-refractivity contribution < 1.29 is 4.39 Å². The molecule has 0 bridgehead atoms. The lowest BCUT2D eigenvalue weighted by molar-refractivity contribution is 0.575. The van der Waals surface area contributed by atoms with Crippen LogP contribution in [0.5, 0.6) is 0 Å². The second-order valence-electron chi connectivity index (χ2n) is 3.67. The van der Waals surface area contributed by atoms with E-state index in [0.717, 1.165) is 24.1 Å². The molecule has 0 saturated heterocycles. The second-order valence-corrected chi connectivity index (χ2v) is 3.67. The molecule has 0 aliphatic rings. The van der Waals surface area contributed by atoms with Gasteiger partial charge in [-0.1, -0.05) is 19.1 Å². The average molecular weight is 208 g/mol. The lowest BCUT2D eigenvalue weighted by atomic mass is 10.0. The van der Waals surface area contributed by atoms with Gasteiger partial charge in [0, 0.05) is 6.20 Å². The minimum Gasteiger partial charge on any atom is -0.307 e. The van der Waals surface area contributed by atoms with Gasteiger partial charge in [-0.3, -0.25) is 4.98 Å². The van der Waals surface area contributed by atoms with E-state index in [0.29, 0.717) is 0 Å². The Bertz CT molecular complexity index is 336. The first-order valence-electron chi connectivity index (χ1n) is 5.14. The summed E-state index contributed by atoms with van der Waals surface area (Å²) < 4.78 is 13.0. The third kappa shape index (κ3) is 3.44. The van der Waals surface area contributed by atoms with E-state index in [-0.39, 0.29) is 11.9 Å². The molecule has 1 unspecified atom stereocenters. The molecule has 1 heterocycles. The fourth-order valence-corrected chi connectivity index (χ4v) is 1.45. The first-order valence-corrected chi connectivity index (χ1v) is 5.14. The second kappa shape index (κ2) is 5.61. The minimum absolute atomic E-state index is 0.00634. The Balaban J connectivity index is 2.84. The number of nitrogens with one attached hydrogen (secondary N) is 1. The summed E-state index contributed by atoms with van der Waals surface area (Å²) in [6.45, 7) is 8.80. The molecule has 0 aliphatic carbocycles. The number of hydrogen-bond acceptors (Lipinski definition) is 2. The summed E-state index contributed by atoms with van der Waals surface area (Å²) in [5.41, 5.74) is 1.80. The van der Waals surface area contributed by atoms with Gasteiger partial charge in [-0.05, 0) is 31.5 Å². The summed E-state index contributed by atoms with van der Waals surface area (Å²) in [5.74, 6) is -0.308. The lowest BCUT2D eigenvalue weighted by Gasteiger charge is -2.18. The van der Waals surface area contributed by atoms with E-state index in [4.69, 9.17) is 0 Å². The number of halogens is 1. The SMILES string of the molecule is C=C(C)C(NCCC)c1cncc(F)c1. The van der Waals surface area contributed by atoms with Gasteiger partial charge < -0.3 is 5.32 Å². The van der Waals surface area contributed by atoms with E-state index >= 15 is 0 Å². The van der Waals surface area contributed by atoms with Gasteiger partial charge in [0.1, 0.15) is 5.82 Å². The van der Waals surface area contributed by atoms with Crippen LogP contribution in [0.4, 0.5) is 4.39 Å². The van der Waals surface area contributed by atoms with E-state index in [9.17, 15) is 4.39 Å². The van der Waals surface area contributed by atoms with Crippen molar-refractivity contribution in [3.8, 4) is 0 Å².